The van der Waals surface area contributed by atoms with Crippen molar-refractivity contribution in [2.75, 3.05) is 38.0 Å². The van der Waals surface area contributed by atoms with Gasteiger partial charge in [-0.2, -0.15) is 0 Å². The number of anilines is 2. The average Bonchev–Trinajstić information content (AvgIpc) is 2.98. The minimum absolute atomic E-state index is 0.0509. The van der Waals surface area contributed by atoms with Gasteiger partial charge in [-0.1, -0.05) is 48.6 Å². The summed E-state index contributed by atoms with van der Waals surface area (Å²) in [6.45, 7) is 0. The molecule has 0 radical (unpaired) electrons. The first-order valence-electron chi connectivity index (χ1n) is 14.1. The molecule has 0 heterocycles. The maximum absolute atomic E-state index is 11.0. The van der Waals surface area contributed by atoms with Gasteiger partial charge in [0, 0.05) is 56.3 Å². The molecule has 8 nitrogen and oxygen atoms in total. The Kier molecular flexibility index (Phi) is 8.40. The van der Waals surface area contributed by atoms with Gasteiger partial charge in [0.1, 0.15) is 35.2 Å². The highest BCUT2D eigenvalue weighted by atomic mass is 16.3. The van der Waals surface area contributed by atoms with Crippen LogP contribution in [0.25, 0.3) is 23.8 Å². The van der Waals surface area contributed by atoms with E-state index < -0.39 is 18.0 Å². The van der Waals surface area contributed by atoms with Crippen LogP contribution >= 0.6 is 0 Å². The largest absolute Gasteiger partial charge is 0.508 e. The van der Waals surface area contributed by atoms with E-state index in [1.54, 1.807) is 12.2 Å². The molecule has 2 unspecified atom stereocenters. The fraction of sp³-hybridized carbons (Fsp3) is 0.167. The Bertz CT molecular complexity index is 1730. The summed E-state index contributed by atoms with van der Waals surface area (Å²) in [6, 6.07) is 18.6. The number of aliphatic hydroxyl groups excluding tert-OH is 4. The molecule has 6 N–H and O–H groups in total. The molecule has 44 heavy (non-hydrogen) atoms. The van der Waals surface area contributed by atoms with Gasteiger partial charge >= 0.3 is 0 Å². The summed E-state index contributed by atoms with van der Waals surface area (Å²) in [7, 11) is 7.83. The highest BCUT2D eigenvalue weighted by Gasteiger charge is 2.42. The molecule has 2 atom stereocenters. The highest BCUT2D eigenvalue weighted by molar-refractivity contribution is 5.91. The maximum Gasteiger partial charge on any atom is 0.129 e. The van der Waals surface area contributed by atoms with Crippen LogP contribution in [-0.2, 0) is 0 Å². The lowest BCUT2D eigenvalue weighted by atomic mass is 9.76. The van der Waals surface area contributed by atoms with Crippen LogP contribution in [0.4, 0.5) is 11.4 Å². The third-order valence-corrected chi connectivity index (χ3v) is 7.72. The quantitative estimate of drug-likeness (QED) is 0.190. The van der Waals surface area contributed by atoms with Crippen molar-refractivity contribution in [3.8, 4) is 11.5 Å². The first kappa shape index (κ1) is 30.3. The summed E-state index contributed by atoms with van der Waals surface area (Å²) in [4.78, 5) is 3.99. The lowest BCUT2D eigenvalue weighted by Gasteiger charge is -2.34. The summed E-state index contributed by atoms with van der Waals surface area (Å²) in [5.74, 6) is -1.43. The predicted octanol–water partition coefficient (Wildman–Crippen LogP) is 5.80. The fourth-order valence-corrected chi connectivity index (χ4v) is 5.26. The van der Waals surface area contributed by atoms with Gasteiger partial charge in [-0.05, 0) is 70.8 Å². The molecule has 0 amide bonds. The van der Waals surface area contributed by atoms with Gasteiger partial charge in [-0.15, -0.1) is 0 Å². The van der Waals surface area contributed by atoms with Crippen molar-refractivity contribution in [3.05, 3.63) is 129 Å². The molecular weight excluding hydrogens is 556 g/mol. The molecule has 3 aromatic carbocycles. The number of aromatic hydroxyl groups is 2. The van der Waals surface area contributed by atoms with Gasteiger partial charge < -0.3 is 40.4 Å². The Morgan fingerprint density at radius 3 is 1.52 bits per heavy atom. The zero-order chi connectivity index (χ0) is 31.7. The van der Waals surface area contributed by atoms with Crippen molar-refractivity contribution in [2.24, 2.45) is 0 Å². The van der Waals surface area contributed by atoms with E-state index in [2.05, 4.69) is 0 Å². The minimum Gasteiger partial charge on any atom is -0.508 e. The van der Waals surface area contributed by atoms with Gasteiger partial charge in [-0.25, -0.2) is 0 Å². The van der Waals surface area contributed by atoms with Crippen molar-refractivity contribution < 1.29 is 30.6 Å². The first-order chi connectivity index (χ1) is 20.9. The number of hydrogen-bond donors (Lipinski definition) is 6. The molecule has 0 spiro atoms. The second kappa shape index (κ2) is 12.2. The number of phenolic OH excluding ortho intramolecular Hbond substituents is 2. The topological polar surface area (TPSA) is 128 Å². The zero-order valence-corrected chi connectivity index (χ0v) is 25.0. The number of benzene rings is 3. The normalized spacial score (nSPS) is 20.1. The summed E-state index contributed by atoms with van der Waals surface area (Å²) >= 11 is 0. The number of allylic oxidation sites excluding steroid dienone is 3. The molecule has 0 bridgehead atoms. The van der Waals surface area contributed by atoms with E-state index >= 15 is 0 Å². The maximum atomic E-state index is 11.0. The van der Waals surface area contributed by atoms with Gasteiger partial charge in [0.2, 0.25) is 0 Å². The summed E-state index contributed by atoms with van der Waals surface area (Å²) in [5, 5.41) is 65.1. The van der Waals surface area contributed by atoms with Crippen molar-refractivity contribution in [1.82, 2.24) is 0 Å². The van der Waals surface area contributed by atoms with Crippen LogP contribution in [0.5, 0.6) is 11.5 Å². The molecule has 3 aromatic rings. The third kappa shape index (κ3) is 5.99. The molecule has 2 aliphatic rings. The van der Waals surface area contributed by atoms with E-state index in [9.17, 15) is 30.6 Å². The average molecular weight is 593 g/mol. The van der Waals surface area contributed by atoms with E-state index in [0.717, 1.165) is 22.5 Å². The zero-order valence-electron chi connectivity index (χ0n) is 25.0. The van der Waals surface area contributed by atoms with Crippen LogP contribution in [0.2, 0.25) is 0 Å². The number of hydrogen-bond acceptors (Lipinski definition) is 8. The van der Waals surface area contributed by atoms with Crippen LogP contribution in [0, 0.1) is 0 Å². The van der Waals surface area contributed by atoms with Crippen LogP contribution in [0.3, 0.4) is 0 Å². The molecule has 0 saturated carbocycles. The summed E-state index contributed by atoms with van der Waals surface area (Å²) in [5.41, 5.74) is 4.67. The van der Waals surface area contributed by atoms with Crippen LogP contribution in [0.1, 0.15) is 22.3 Å². The lowest BCUT2D eigenvalue weighted by molar-refractivity contribution is 0.208. The van der Waals surface area contributed by atoms with E-state index in [1.165, 1.54) is 24.3 Å². The van der Waals surface area contributed by atoms with Crippen LogP contribution < -0.4 is 9.80 Å². The number of phenols is 2. The summed E-state index contributed by atoms with van der Waals surface area (Å²) in [6.07, 6.45) is 7.30. The second-order valence-corrected chi connectivity index (χ2v) is 11.2. The molecule has 226 valence electrons. The Labute approximate surface area is 256 Å². The second-order valence-electron chi connectivity index (χ2n) is 11.2. The molecule has 0 saturated heterocycles. The number of nitrogens with zero attached hydrogens (tertiary/aromatic N) is 2. The molecule has 5 rings (SSSR count). The van der Waals surface area contributed by atoms with E-state index in [1.807, 2.05) is 98.7 Å². The Balaban J connectivity index is 1.37. The SMILES string of the molecule is CN(C)c1ccc(C=CC2=CC(O)C(=C3C(O)=C(c4c(O)cc(C=Cc5ccc(N(C)C)cc5)cc4O)C3O)C(O)=C2)cc1. The summed E-state index contributed by atoms with van der Waals surface area (Å²) < 4.78 is 0. The van der Waals surface area contributed by atoms with Crippen LogP contribution in [-0.4, -0.2) is 71.0 Å². The van der Waals surface area contributed by atoms with Gasteiger partial charge in [0.25, 0.3) is 0 Å². The molecule has 2 aliphatic carbocycles. The lowest BCUT2D eigenvalue weighted by Crippen LogP contribution is -2.31. The monoisotopic (exact) mass is 592 g/mol. The molecule has 0 aromatic heterocycles. The highest BCUT2D eigenvalue weighted by Crippen LogP contribution is 2.49. The smallest absolute Gasteiger partial charge is 0.129 e. The van der Waals surface area contributed by atoms with Crippen molar-refractivity contribution in [2.45, 2.75) is 12.2 Å². The van der Waals surface area contributed by atoms with E-state index in [-0.39, 0.29) is 39.5 Å². The van der Waals surface area contributed by atoms with Crippen molar-refractivity contribution >= 4 is 35.2 Å². The minimum atomic E-state index is -1.47. The van der Waals surface area contributed by atoms with Crippen LogP contribution in [0.15, 0.2) is 107 Å². The predicted molar refractivity (Wildman–Crippen MR) is 177 cm³/mol. The van der Waals surface area contributed by atoms with E-state index in [4.69, 9.17) is 0 Å². The Hall–Kier alpha value is -5.18. The standard InChI is InChI=1S/C36H36N2O6/c1-37(2)25-13-9-21(10-14-25)5-7-23-17-27(39)31(28(40)18-23)33-35(43)34(36(33)44)32-29(41)19-24(20-30(32)42)8-6-22-11-15-26(16-12-22)38(3)4/h5-20,27,35,39-44H,1-4H3. The first-order valence-corrected chi connectivity index (χ1v) is 14.1. The molecule has 0 aliphatic heterocycles. The fourth-order valence-electron chi connectivity index (χ4n) is 5.26. The van der Waals surface area contributed by atoms with Crippen molar-refractivity contribution in [1.29, 1.82) is 0 Å². The van der Waals surface area contributed by atoms with E-state index in [0.29, 0.717) is 11.1 Å². The third-order valence-electron chi connectivity index (χ3n) is 7.72. The number of aliphatic hydroxyl groups is 4. The molecule has 8 heteroatoms. The molecule has 0 fully saturated rings. The Morgan fingerprint density at radius 2 is 1.07 bits per heavy atom. The number of rotatable bonds is 7. The van der Waals surface area contributed by atoms with Gasteiger partial charge in [0.05, 0.1) is 5.56 Å². The van der Waals surface area contributed by atoms with Crippen molar-refractivity contribution in [3.63, 3.8) is 0 Å². The Morgan fingerprint density at radius 1 is 0.591 bits per heavy atom. The molecular formula is C36H36N2O6. The van der Waals surface area contributed by atoms with Gasteiger partial charge in [-0.3, -0.25) is 0 Å². The van der Waals surface area contributed by atoms with Gasteiger partial charge in [0.15, 0.2) is 0 Å².